The van der Waals surface area contributed by atoms with Crippen molar-refractivity contribution in [3.63, 3.8) is 0 Å². The molecule has 0 unspecified atom stereocenters. The Labute approximate surface area is 208 Å². The summed E-state index contributed by atoms with van der Waals surface area (Å²) in [5.74, 6) is 2.75. The summed E-state index contributed by atoms with van der Waals surface area (Å²) < 4.78 is 5.63. The minimum absolute atomic E-state index is 0.103. The molecule has 1 saturated heterocycles. The number of hydrogen-bond acceptors (Lipinski definition) is 4. The lowest BCUT2D eigenvalue weighted by molar-refractivity contribution is -0.138. The number of carbonyl (C=O) groups is 2. The topological polar surface area (TPSA) is 75.3 Å². The zero-order chi connectivity index (χ0) is 25.2. The Morgan fingerprint density at radius 2 is 1.94 bits per heavy atom. The highest BCUT2D eigenvalue weighted by atomic mass is 16.5. The van der Waals surface area contributed by atoms with Crippen molar-refractivity contribution in [2.24, 2.45) is 5.41 Å². The minimum Gasteiger partial charge on any atom is -0.381 e. The molecule has 0 saturated carbocycles. The third kappa shape index (κ3) is 5.11. The van der Waals surface area contributed by atoms with Crippen molar-refractivity contribution in [1.29, 1.82) is 0 Å². The predicted molar refractivity (Wildman–Crippen MR) is 137 cm³/mol. The van der Waals surface area contributed by atoms with E-state index in [2.05, 4.69) is 41.9 Å². The number of likely N-dealkylation sites (N-methyl/N-ethyl adjacent to an activating group) is 1. The third-order valence-corrected chi connectivity index (χ3v) is 7.49. The zero-order valence-corrected chi connectivity index (χ0v) is 21.2. The van der Waals surface area contributed by atoms with E-state index in [1.807, 2.05) is 26.2 Å². The number of ketones is 1. The van der Waals surface area contributed by atoms with E-state index >= 15 is 0 Å². The van der Waals surface area contributed by atoms with Crippen molar-refractivity contribution in [1.82, 2.24) is 14.9 Å². The molecule has 1 aromatic carbocycles. The first-order chi connectivity index (χ1) is 16.6. The van der Waals surface area contributed by atoms with E-state index < -0.39 is 5.41 Å². The summed E-state index contributed by atoms with van der Waals surface area (Å²) >= 11 is 0. The van der Waals surface area contributed by atoms with Crippen molar-refractivity contribution in [3.8, 4) is 12.3 Å². The molecule has 1 N–H and O–H groups in total. The average molecular weight is 474 g/mol. The first-order valence-corrected chi connectivity index (χ1v) is 12.3. The van der Waals surface area contributed by atoms with Crippen LogP contribution in [-0.2, 0) is 21.4 Å². The van der Waals surface area contributed by atoms with Crippen molar-refractivity contribution < 1.29 is 14.3 Å². The van der Waals surface area contributed by atoms with Crippen LogP contribution in [0, 0.1) is 17.8 Å². The van der Waals surface area contributed by atoms with Crippen LogP contribution in [0.15, 0.2) is 30.5 Å². The molecule has 0 bridgehead atoms. The van der Waals surface area contributed by atoms with Gasteiger partial charge in [0.05, 0.1) is 11.6 Å². The molecule has 1 aliphatic carbocycles. The Morgan fingerprint density at radius 3 is 2.54 bits per heavy atom. The van der Waals surface area contributed by atoms with Crippen LogP contribution in [0.25, 0.3) is 5.57 Å². The molecule has 6 nitrogen and oxygen atoms in total. The van der Waals surface area contributed by atoms with Gasteiger partial charge in [-0.25, -0.2) is 4.98 Å². The van der Waals surface area contributed by atoms with E-state index in [0.717, 1.165) is 36.0 Å². The van der Waals surface area contributed by atoms with Crippen molar-refractivity contribution >= 4 is 17.3 Å². The Hall–Kier alpha value is -3.17. The van der Waals surface area contributed by atoms with E-state index in [9.17, 15) is 9.59 Å². The van der Waals surface area contributed by atoms with Gasteiger partial charge in [0, 0.05) is 33.7 Å². The van der Waals surface area contributed by atoms with Crippen LogP contribution >= 0.6 is 0 Å². The first kappa shape index (κ1) is 24.9. The van der Waals surface area contributed by atoms with Crippen molar-refractivity contribution in [3.05, 3.63) is 58.7 Å². The number of amides is 1. The number of nitrogens with one attached hydrogen (secondary N) is 1. The number of aromatic nitrogens is 2. The maximum Gasteiger partial charge on any atom is 0.232 e. The van der Waals surface area contributed by atoms with Crippen LogP contribution in [0.3, 0.4) is 0 Å². The van der Waals surface area contributed by atoms with Gasteiger partial charge in [-0.1, -0.05) is 44.0 Å². The van der Waals surface area contributed by atoms with Gasteiger partial charge in [-0.05, 0) is 59.8 Å². The summed E-state index contributed by atoms with van der Waals surface area (Å²) in [7, 11) is 3.63. The molecule has 1 amide bonds. The summed E-state index contributed by atoms with van der Waals surface area (Å²) in [6.45, 7) is 5.69. The first-order valence-electron chi connectivity index (χ1n) is 12.3. The van der Waals surface area contributed by atoms with Gasteiger partial charge in [-0.3, -0.25) is 9.59 Å². The van der Waals surface area contributed by atoms with Gasteiger partial charge in [0.2, 0.25) is 11.7 Å². The minimum atomic E-state index is -0.615. The van der Waals surface area contributed by atoms with E-state index in [1.165, 1.54) is 11.8 Å². The fourth-order valence-electron chi connectivity index (χ4n) is 5.22. The van der Waals surface area contributed by atoms with Crippen molar-refractivity contribution in [2.45, 2.75) is 57.8 Å². The number of aromatic amines is 1. The number of hydrogen-bond donors (Lipinski definition) is 1. The molecule has 0 spiro atoms. The highest BCUT2D eigenvalue weighted by Gasteiger charge is 2.43. The number of benzene rings is 1. The van der Waals surface area contributed by atoms with Crippen LogP contribution in [0.5, 0.6) is 0 Å². The molecule has 2 heterocycles. The number of ether oxygens (including phenoxy) is 1. The van der Waals surface area contributed by atoms with E-state index in [4.69, 9.17) is 11.2 Å². The Bertz CT molecular complexity index is 1190. The van der Waals surface area contributed by atoms with Gasteiger partial charge >= 0.3 is 0 Å². The van der Waals surface area contributed by atoms with Crippen LogP contribution in [-0.4, -0.2) is 53.9 Å². The Morgan fingerprint density at radius 1 is 1.20 bits per heavy atom. The molecule has 35 heavy (non-hydrogen) atoms. The van der Waals surface area contributed by atoms with Gasteiger partial charge in [-0.2, -0.15) is 0 Å². The van der Waals surface area contributed by atoms with Crippen LogP contribution in [0.4, 0.5) is 0 Å². The van der Waals surface area contributed by atoms with E-state index in [0.29, 0.717) is 31.7 Å². The monoisotopic (exact) mass is 473 g/mol. The molecule has 1 aromatic heterocycles. The molecule has 6 heteroatoms. The molecule has 0 radical (unpaired) electrons. The molecular formula is C29H35N3O3. The summed E-state index contributed by atoms with van der Waals surface area (Å²) in [5.41, 5.74) is 4.40. The summed E-state index contributed by atoms with van der Waals surface area (Å²) in [4.78, 5) is 35.3. The van der Waals surface area contributed by atoms with Crippen LogP contribution in [0.2, 0.25) is 0 Å². The Kier molecular flexibility index (Phi) is 7.00. The van der Waals surface area contributed by atoms with Gasteiger partial charge in [-0.15, -0.1) is 6.42 Å². The van der Waals surface area contributed by atoms with Crippen LogP contribution < -0.4 is 0 Å². The molecule has 1 aliphatic heterocycles. The number of allylic oxidation sites excluding steroid dienone is 2. The maximum atomic E-state index is 13.4. The highest BCUT2D eigenvalue weighted by molar-refractivity contribution is 5.95. The van der Waals surface area contributed by atoms with Crippen molar-refractivity contribution in [2.75, 3.05) is 27.3 Å². The summed E-state index contributed by atoms with van der Waals surface area (Å²) in [6.07, 6.45) is 13.8. The fraction of sp³-hybridized carbons (Fsp3) is 0.483. The summed E-state index contributed by atoms with van der Waals surface area (Å²) in [5, 5.41) is 0. The molecule has 184 valence electrons. The maximum absolute atomic E-state index is 13.4. The normalized spacial score (nSPS) is 18.9. The number of H-pyrrole nitrogens is 1. The smallest absolute Gasteiger partial charge is 0.232 e. The second-order valence-electron chi connectivity index (χ2n) is 10.8. The quantitative estimate of drug-likeness (QED) is 0.494. The number of terminal acetylenes is 1. The molecule has 0 atom stereocenters. The number of imidazole rings is 1. The molecular weight excluding hydrogens is 438 g/mol. The number of nitrogens with zero attached hydrogens (tertiary/aromatic N) is 2. The van der Waals surface area contributed by atoms with Crippen LogP contribution in [0.1, 0.15) is 79.0 Å². The van der Waals surface area contributed by atoms with Gasteiger partial charge in [0.25, 0.3) is 0 Å². The highest BCUT2D eigenvalue weighted by Crippen LogP contribution is 2.42. The number of rotatable bonds is 6. The molecule has 1 fully saturated rings. The van der Waals surface area contributed by atoms with Gasteiger partial charge in [0.1, 0.15) is 5.69 Å². The lowest BCUT2D eigenvalue weighted by Gasteiger charge is -2.38. The lowest BCUT2D eigenvalue weighted by atomic mass is 9.71. The molecule has 2 aliphatic rings. The summed E-state index contributed by atoms with van der Waals surface area (Å²) in [6, 6.07) is 6.21. The number of Topliss-reactive ketones (excluding diaryl/α,β-unsaturated/α-hetero) is 1. The van der Waals surface area contributed by atoms with Gasteiger partial charge < -0.3 is 14.6 Å². The number of carbonyl (C=O) groups excluding carboxylic acids is 2. The molecule has 4 rings (SSSR count). The second-order valence-corrected chi connectivity index (χ2v) is 10.8. The van der Waals surface area contributed by atoms with E-state index in [1.54, 1.807) is 4.90 Å². The zero-order valence-electron chi connectivity index (χ0n) is 21.2. The lowest BCUT2D eigenvalue weighted by Crippen LogP contribution is -2.47. The predicted octanol–water partition coefficient (Wildman–Crippen LogP) is 4.55. The SMILES string of the molecule is C#Cc1cnc(C(=O)Cc2ccc(C3(C(=O)N(C)C)CCOCC3)cc2C2=CCC(C)(C)CC2)[nH]1. The fourth-order valence-corrected chi connectivity index (χ4v) is 5.22. The third-order valence-electron chi connectivity index (χ3n) is 7.49. The second kappa shape index (κ2) is 9.83. The standard InChI is InChI=1S/C29H35N3O3/c1-6-23-19-30-26(31-23)25(33)17-21-7-8-22(18-24(21)20-9-11-28(2,3)12-10-20)29(27(34)32(4)5)13-15-35-16-14-29/h1,7-9,18-19H,10-17H2,2-5H3,(H,30,31). The van der Waals surface area contributed by atoms with Gasteiger partial charge in [0.15, 0.2) is 5.82 Å². The average Bonchev–Trinajstić information content (AvgIpc) is 3.34. The molecule has 2 aromatic rings. The largest absolute Gasteiger partial charge is 0.381 e. The Balaban J connectivity index is 1.77. The van der Waals surface area contributed by atoms with E-state index in [-0.39, 0.29) is 29.4 Å².